The highest BCUT2D eigenvalue weighted by molar-refractivity contribution is 6.22. The molecular weight excluding hydrogens is 917 g/mol. The standard InChI is InChI=1S/C74H56N2/c1-73(2)67-31-19-17-29-59(67)61-41-35-52(45-69(61)73)49-33-36-55(37-34-49)75(53-25-13-7-14-26-53)56-39-43-63-65(46-56)71(50-21-9-5-10-22-50)64-44-40-57(47-66(64)72(63)51-23-11-6-12-24-51)76(54-27-15-8-16-28-54)58-38-42-62-60-30-18-20-32-68(60)74(3,4)70(62)48-58/h5-48H,1-4H3. The van der Waals surface area contributed by atoms with E-state index in [0.29, 0.717) is 0 Å². The largest absolute Gasteiger partial charge is 0.310 e. The third-order valence-corrected chi connectivity index (χ3v) is 16.6. The minimum absolute atomic E-state index is 0.0642. The Morgan fingerprint density at radius 3 is 1.07 bits per heavy atom. The summed E-state index contributed by atoms with van der Waals surface area (Å²) in [6.07, 6.45) is 0. The molecule has 0 unspecified atom stereocenters. The van der Waals surface area contributed by atoms with Crippen LogP contribution >= 0.6 is 0 Å². The second-order valence-electron chi connectivity index (χ2n) is 21.7. The zero-order chi connectivity index (χ0) is 51.1. The van der Waals surface area contributed by atoms with Crippen LogP contribution in [0, 0.1) is 0 Å². The highest BCUT2D eigenvalue weighted by Gasteiger charge is 2.37. The molecule has 0 saturated heterocycles. The number of hydrogen-bond donors (Lipinski definition) is 0. The summed E-state index contributed by atoms with van der Waals surface area (Å²) in [5.74, 6) is 0. The van der Waals surface area contributed by atoms with Crippen LogP contribution in [0.15, 0.2) is 267 Å². The molecule has 0 fully saturated rings. The maximum Gasteiger partial charge on any atom is 0.0468 e. The molecule has 12 aromatic carbocycles. The smallest absolute Gasteiger partial charge is 0.0468 e. The maximum atomic E-state index is 2.44. The Hall–Kier alpha value is -9.24. The molecule has 0 saturated carbocycles. The fourth-order valence-corrected chi connectivity index (χ4v) is 12.9. The molecule has 2 heteroatoms. The first kappa shape index (κ1) is 45.4. The van der Waals surface area contributed by atoms with Crippen molar-refractivity contribution < 1.29 is 0 Å². The van der Waals surface area contributed by atoms with Gasteiger partial charge in [-0.2, -0.15) is 0 Å². The van der Waals surface area contributed by atoms with Crippen LogP contribution in [0.2, 0.25) is 0 Å². The maximum absolute atomic E-state index is 2.44. The summed E-state index contributed by atoms with van der Waals surface area (Å²) in [7, 11) is 0. The van der Waals surface area contributed by atoms with Gasteiger partial charge in [0.2, 0.25) is 0 Å². The summed E-state index contributed by atoms with van der Waals surface area (Å²) in [5.41, 5.74) is 24.5. The number of fused-ring (bicyclic) bond motifs is 8. The van der Waals surface area contributed by atoms with Gasteiger partial charge >= 0.3 is 0 Å². The number of anilines is 6. The molecule has 76 heavy (non-hydrogen) atoms. The van der Waals surface area contributed by atoms with E-state index in [1.165, 1.54) is 99.4 Å². The van der Waals surface area contributed by atoms with Crippen LogP contribution in [0.3, 0.4) is 0 Å². The Labute approximate surface area is 446 Å². The average Bonchev–Trinajstić information content (AvgIpc) is 3.90. The van der Waals surface area contributed by atoms with Gasteiger partial charge in [0.05, 0.1) is 0 Å². The Morgan fingerprint density at radius 1 is 0.224 bits per heavy atom. The monoisotopic (exact) mass is 972 g/mol. The van der Waals surface area contributed by atoms with Crippen LogP contribution in [0.1, 0.15) is 49.9 Å². The Morgan fingerprint density at radius 2 is 0.566 bits per heavy atom. The second kappa shape index (κ2) is 17.7. The molecule has 0 heterocycles. The van der Waals surface area contributed by atoms with E-state index in [1.54, 1.807) is 0 Å². The van der Waals surface area contributed by atoms with Gasteiger partial charge in [0.15, 0.2) is 0 Å². The van der Waals surface area contributed by atoms with E-state index in [0.717, 1.165) is 34.1 Å². The van der Waals surface area contributed by atoms with Crippen LogP contribution in [0.25, 0.3) is 77.2 Å². The quantitative estimate of drug-likeness (QED) is 0.133. The van der Waals surface area contributed by atoms with E-state index in [1.807, 2.05) is 0 Å². The van der Waals surface area contributed by atoms with Gasteiger partial charge in [-0.15, -0.1) is 0 Å². The summed E-state index contributed by atoms with van der Waals surface area (Å²) in [4.78, 5) is 4.85. The topological polar surface area (TPSA) is 6.48 Å². The highest BCUT2D eigenvalue weighted by Crippen LogP contribution is 2.53. The summed E-state index contributed by atoms with van der Waals surface area (Å²) in [6, 6.07) is 98.9. The number of hydrogen-bond acceptors (Lipinski definition) is 2. The van der Waals surface area contributed by atoms with E-state index in [2.05, 4.69) is 304 Å². The van der Waals surface area contributed by atoms with E-state index >= 15 is 0 Å². The fourth-order valence-electron chi connectivity index (χ4n) is 12.9. The van der Waals surface area contributed by atoms with E-state index in [-0.39, 0.29) is 10.8 Å². The first-order chi connectivity index (χ1) is 37.2. The fraction of sp³-hybridized carbons (Fsp3) is 0.0811. The molecule has 362 valence electrons. The molecule has 0 amide bonds. The zero-order valence-electron chi connectivity index (χ0n) is 43.3. The lowest BCUT2D eigenvalue weighted by Gasteiger charge is -2.29. The summed E-state index contributed by atoms with van der Waals surface area (Å²) < 4.78 is 0. The third-order valence-electron chi connectivity index (χ3n) is 16.6. The minimum Gasteiger partial charge on any atom is -0.310 e. The molecule has 0 spiro atoms. The van der Waals surface area contributed by atoms with Crippen LogP contribution < -0.4 is 9.80 Å². The van der Waals surface area contributed by atoms with Gasteiger partial charge in [0.25, 0.3) is 0 Å². The lowest BCUT2D eigenvalue weighted by atomic mass is 9.81. The summed E-state index contributed by atoms with van der Waals surface area (Å²) in [5, 5.41) is 4.80. The first-order valence-corrected chi connectivity index (χ1v) is 26.7. The number of benzene rings is 12. The Bertz CT molecular complexity index is 4190. The highest BCUT2D eigenvalue weighted by atomic mass is 15.1. The predicted molar refractivity (Wildman–Crippen MR) is 322 cm³/mol. The van der Waals surface area contributed by atoms with Crippen molar-refractivity contribution in [1.29, 1.82) is 0 Å². The van der Waals surface area contributed by atoms with Crippen molar-refractivity contribution in [3.05, 3.63) is 289 Å². The SMILES string of the molecule is CC1(C)c2ccccc2-c2ccc(-c3ccc(N(c4ccccc4)c4ccc5c(-c6ccccc6)c6cc(N(c7ccccc7)c7ccc8c(c7)C(C)(C)c7ccccc7-8)ccc6c(-c6ccccc6)c5c4)cc3)cc21. The number of rotatable bonds is 9. The molecule has 2 aliphatic rings. The van der Waals surface area contributed by atoms with Gasteiger partial charge in [-0.1, -0.05) is 216 Å². The van der Waals surface area contributed by atoms with Crippen LogP contribution in [0.5, 0.6) is 0 Å². The number of para-hydroxylation sites is 2. The van der Waals surface area contributed by atoms with Crippen molar-refractivity contribution in [1.82, 2.24) is 0 Å². The first-order valence-electron chi connectivity index (χ1n) is 26.7. The summed E-state index contributed by atoms with van der Waals surface area (Å²) >= 11 is 0. The average molecular weight is 973 g/mol. The molecule has 0 N–H and O–H groups in total. The molecule has 0 radical (unpaired) electrons. The van der Waals surface area contributed by atoms with Gasteiger partial charge in [-0.25, -0.2) is 0 Å². The van der Waals surface area contributed by atoms with E-state index < -0.39 is 0 Å². The van der Waals surface area contributed by atoms with Crippen LogP contribution in [-0.2, 0) is 10.8 Å². The van der Waals surface area contributed by atoms with Crippen LogP contribution in [0.4, 0.5) is 34.1 Å². The van der Waals surface area contributed by atoms with Crippen molar-refractivity contribution in [2.24, 2.45) is 0 Å². The van der Waals surface area contributed by atoms with Crippen molar-refractivity contribution in [3.63, 3.8) is 0 Å². The van der Waals surface area contributed by atoms with Gasteiger partial charge < -0.3 is 9.80 Å². The van der Waals surface area contributed by atoms with Crippen LogP contribution in [-0.4, -0.2) is 0 Å². The van der Waals surface area contributed by atoms with Crippen molar-refractivity contribution in [2.75, 3.05) is 9.80 Å². The molecule has 12 aromatic rings. The van der Waals surface area contributed by atoms with Crippen molar-refractivity contribution >= 4 is 55.7 Å². The molecular formula is C74H56N2. The van der Waals surface area contributed by atoms with Gasteiger partial charge in [0, 0.05) is 45.0 Å². The molecule has 14 rings (SSSR count). The Kier molecular flexibility index (Phi) is 10.6. The number of nitrogens with zero attached hydrogens (tertiary/aromatic N) is 2. The van der Waals surface area contributed by atoms with Crippen molar-refractivity contribution in [2.45, 2.75) is 38.5 Å². The normalized spacial score (nSPS) is 13.5. The second-order valence-corrected chi connectivity index (χ2v) is 21.7. The van der Waals surface area contributed by atoms with Gasteiger partial charge in [0.1, 0.15) is 0 Å². The Balaban J connectivity index is 0.946. The molecule has 2 aliphatic carbocycles. The summed E-state index contributed by atoms with van der Waals surface area (Å²) in [6.45, 7) is 9.44. The molecule has 0 aromatic heterocycles. The van der Waals surface area contributed by atoms with E-state index in [9.17, 15) is 0 Å². The molecule has 0 aliphatic heterocycles. The minimum atomic E-state index is -0.135. The van der Waals surface area contributed by atoms with Crippen molar-refractivity contribution in [3.8, 4) is 55.6 Å². The van der Waals surface area contributed by atoms with Gasteiger partial charge in [-0.3, -0.25) is 0 Å². The van der Waals surface area contributed by atoms with E-state index in [4.69, 9.17) is 0 Å². The molecule has 0 bridgehead atoms. The van der Waals surface area contributed by atoms with Gasteiger partial charge in [-0.05, 0) is 178 Å². The third kappa shape index (κ3) is 7.23. The zero-order valence-corrected chi connectivity index (χ0v) is 43.3. The lowest BCUT2D eigenvalue weighted by molar-refractivity contribution is 0.660. The predicted octanol–water partition coefficient (Wildman–Crippen LogP) is 20.5. The lowest BCUT2D eigenvalue weighted by Crippen LogP contribution is -2.16. The molecule has 0 atom stereocenters. The molecule has 2 nitrogen and oxygen atoms in total.